The fourth-order valence-corrected chi connectivity index (χ4v) is 3.10. The number of hydrogen-bond acceptors (Lipinski definition) is 3. The topological polar surface area (TPSA) is 63.1 Å². The van der Waals surface area contributed by atoms with E-state index >= 15 is 0 Å². The lowest BCUT2D eigenvalue weighted by molar-refractivity contribution is 0.0951. The van der Waals surface area contributed by atoms with Crippen molar-refractivity contribution < 1.29 is 4.79 Å². The monoisotopic (exact) mass is 363 g/mol. The predicted molar refractivity (Wildman–Crippen MR) is 110 cm³/mol. The number of hydrogen-bond donors (Lipinski definition) is 2. The number of pyridine rings is 1. The molecule has 0 aliphatic heterocycles. The van der Waals surface area contributed by atoms with Crippen LogP contribution in [0.15, 0.2) is 65.6 Å². The third-order valence-corrected chi connectivity index (χ3v) is 4.75. The van der Waals surface area contributed by atoms with Crippen LogP contribution in [-0.4, -0.2) is 23.1 Å². The first kappa shape index (κ1) is 18.7. The van der Waals surface area contributed by atoms with Gasteiger partial charge in [0.05, 0.1) is 5.56 Å². The van der Waals surface area contributed by atoms with Gasteiger partial charge in [-0.1, -0.05) is 50.2 Å². The second-order valence-corrected chi connectivity index (χ2v) is 7.08. The van der Waals surface area contributed by atoms with Gasteiger partial charge in [-0.05, 0) is 24.1 Å². The van der Waals surface area contributed by atoms with Gasteiger partial charge >= 0.3 is 0 Å². The average molecular weight is 363 g/mol. The van der Waals surface area contributed by atoms with Crippen molar-refractivity contribution in [2.45, 2.75) is 19.9 Å². The van der Waals surface area contributed by atoms with E-state index in [0.717, 1.165) is 5.69 Å². The number of carbonyl (C=O) groups is 1. The third-order valence-electron chi connectivity index (χ3n) is 4.75. The Morgan fingerprint density at radius 2 is 1.63 bits per heavy atom. The number of nitrogens with zero attached hydrogens (tertiary/aromatic N) is 1. The Morgan fingerprint density at radius 1 is 1.00 bits per heavy atom. The van der Waals surface area contributed by atoms with Gasteiger partial charge in [0.25, 0.3) is 11.5 Å². The molecule has 2 N–H and O–H groups in total. The summed E-state index contributed by atoms with van der Waals surface area (Å²) in [4.78, 5) is 25.1. The van der Waals surface area contributed by atoms with Gasteiger partial charge in [-0.3, -0.25) is 9.59 Å². The van der Waals surface area contributed by atoms with Crippen molar-refractivity contribution in [2.24, 2.45) is 13.0 Å². The number of anilines is 1. The summed E-state index contributed by atoms with van der Waals surface area (Å²) in [6, 6.07) is 17.3. The molecular weight excluding hydrogens is 338 g/mol. The fourth-order valence-electron chi connectivity index (χ4n) is 3.10. The van der Waals surface area contributed by atoms with Crippen LogP contribution in [0, 0.1) is 5.92 Å². The van der Waals surface area contributed by atoms with Crippen LogP contribution in [0.5, 0.6) is 0 Å². The van der Waals surface area contributed by atoms with Crippen LogP contribution in [0.4, 0.5) is 5.69 Å². The molecule has 1 heterocycles. The first-order chi connectivity index (χ1) is 13.0. The van der Waals surface area contributed by atoms with Gasteiger partial charge in [-0.25, -0.2) is 0 Å². The normalized spacial score (nSPS) is 12.1. The third kappa shape index (κ3) is 4.19. The Labute approximate surface area is 159 Å². The van der Waals surface area contributed by atoms with E-state index in [4.69, 9.17) is 0 Å². The minimum absolute atomic E-state index is 0.0927. The lowest BCUT2D eigenvalue weighted by Crippen LogP contribution is -2.40. The Balaban J connectivity index is 1.80. The molecule has 0 saturated carbocycles. The number of aromatic nitrogens is 1. The Hall–Kier alpha value is -3.08. The van der Waals surface area contributed by atoms with Crippen molar-refractivity contribution in [3.05, 3.63) is 76.7 Å². The Bertz CT molecular complexity index is 993. The molecule has 27 heavy (non-hydrogen) atoms. The summed E-state index contributed by atoms with van der Waals surface area (Å²) in [5, 5.41) is 7.72. The van der Waals surface area contributed by atoms with E-state index in [1.807, 2.05) is 48.5 Å². The highest BCUT2D eigenvalue weighted by Crippen LogP contribution is 2.16. The summed E-state index contributed by atoms with van der Waals surface area (Å²) in [7, 11) is 1.67. The highest BCUT2D eigenvalue weighted by Gasteiger charge is 2.17. The minimum Gasteiger partial charge on any atom is -0.380 e. The van der Waals surface area contributed by atoms with Gasteiger partial charge in [0.2, 0.25) is 0 Å². The van der Waals surface area contributed by atoms with Crippen molar-refractivity contribution >= 4 is 22.4 Å². The molecule has 0 bridgehead atoms. The highest BCUT2D eigenvalue weighted by molar-refractivity contribution is 6.06. The second kappa shape index (κ2) is 8.08. The molecule has 5 heteroatoms. The maximum atomic E-state index is 12.8. The van der Waals surface area contributed by atoms with Gasteiger partial charge < -0.3 is 15.2 Å². The van der Waals surface area contributed by atoms with Crippen LogP contribution in [0.1, 0.15) is 24.2 Å². The summed E-state index contributed by atoms with van der Waals surface area (Å²) in [5.74, 6) is 0.157. The van der Waals surface area contributed by atoms with Crippen LogP contribution >= 0.6 is 0 Å². The van der Waals surface area contributed by atoms with E-state index in [-0.39, 0.29) is 17.5 Å². The number of benzene rings is 2. The summed E-state index contributed by atoms with van der Waals surface area (Å²) < 4.78 is 1.46. The smallest absolute Gasteiger partial charge is 0.258 e. The molecule has 3 aromatic rings. The summed E-state index contributed by atoms with van der Waals surface area (Å²) in [5.41, 5.74) is 1.43. The number of para-hydroxylation sites is 1. The average Bonchev–Trinajstić information content (AvgIpc) is 2.68. The maximum Gasteiger partial charge on any atom is 0.258 e. The Morgan fingerprint density at radius 3 is 2.30 bits per heavy atom. The number of nitrogens with one attached hydrogen (secondary N) is 2. The van der Waals surface area contributed by atoms with E-state index < -0.39 is 0 Å². The van der Waals surface area contributed by atoms with Gasteiger partial charge in [0.15, 0.2) is 0 Å². The van der Waals surface area contributed by atoms with E-state index in [1.54, 1.807) is 19.3 Å². The molecule has 0 saturated heterocycles. The number of rotatable bonds is 6. The summed E-state index contributed by atoms with van der Waals surface area (Å²) >= 11 is 0. The van der Waals surface area contributed by atoms with Crippen molar-refractivity contribution in [1.29, 1.82) is 0 Å². The van der Waals surface area contributed by atoms with Crippen molar-refractivity contribution in [2.75, 3.05) is 11.9 Å². The lowest BCUT2D eigenvalue weighted by Gasteiger charge is -2.24. The zero-order valence-corrected chi connectivity index (χ0v) is 15.9. The van der Waals surface area contributed by atoms with E-state index in [1.165, 1.54) is 4.57 Å². The minimum atomic E-state index is -0.178. The van der Waals surface area contributed by atoms with Crippen LogP contribution < -0.4 is 16.2 Å². The summed E-state index contributed by atoms with van der Waals surface area (Å²) in [6.07, 6.45) is 1.61. The molecular formula is C22H25N3O2. The Kier molecular flexibility index (Phi) is 5.60. The molecule has 0 spiro atoms. The predicted octanol–water partition coefficient (Wildman–Crippen LogP) is 3.41. The molecule has 5 nitrogen and oxygen atoms in total. The van der Waals surface area contributed by atoms with E-state index in [9.17, 15) is 9.59 Å². The molecule has 1 amide bonds. The fraction of sp³-hybridized carbons (Fsp3) is 0.273. The van der Waals surface area contributed by atoms with Gasteiger partial charge in [-0.2, -0.15) is 0 Å². The molecule has 0 fully saturated rings. The SMILES string of the molecule is CC(C)C(CNC(=O)c1cn(C)c(=O)c2ccccc12)Nc1ccccc1. The number of carbonyl (C=O) groups excluding carboxylic acids is 1. The zero-order chi connectivity index (χ0) is 19.4. The second-order valence-electron chi connectivity index (χ2n) is 7.08. The molecule has 0 radical (unpaired) electrons. The largest absolute Gasteiger partial charge is 0.380 e. The number of amides is 1. The van der Waals surface area contributed by atoms with Crippen molar-refractivity contribution in [3.63, 3.8) is 0 Å². The molecule has 1 aromatic heterocycles. The van der Waals surface area contributed by atoms with Crippen molar-refractivity contribution in [1.82, 2.24) is 9.88 Å². The first-order valence-corrected chi connectivity index (χ1v) is 9.15. The van der Waals surface area contributed by atoms with E-state index in [2.05, 4.69) is 24.5 Å². The zero-order valence-electron chi connectivity index (χ0n) is 15.9. The van der Waals surface area contributed by atoms with Crippen LogP contribution in [0.25, 0.3) is 10.8 Å². The number of aryl methyl sites for hydroxylation is 1. The quantitative estimate of drug-likeness (QED) is 0.705. The molecule has 140 valence electrons. The van der Waals surface area contributed by atoms with Crippen LogP contribution in [0.2, 0.25) is 0 Å². The van der Waals surface area contributed by atoms with Crippen molar-refractivity contribution in [3.8, 4) is 0 Å². The molecule has 1 atom stereocenters. The molecule has 2 aromatic carbocycles. The molecule has 0 aliphatic carbocycles. The highest BCUT2D eigenvalue weighted by atomic mass is 16.2. The van der Waals surface area contributed by atoms with Crippen LogP contribution in [0.3, 0.4) is 0 Å². The first-order valence-electron chi connectivity index (χ1n) is 9.15. The van der Waals surface area contributed by atoms with E-state index in [0.29, 0.717) is 28.8 Å². The lowest BCUT2D eigenvalue weighted by atomic mass is 10.0. The molecule has 1 unspecified atom stereocenters. The number of fused-ring (bicyclic) bond motifs is 1. The van der Waals surface area contributed by atoms with Crippen LogP contribution in [-0.2, 0) is 7.05 Å². The van der Waals surface area contributed by atoms with Gasteiger partial charge in [0, 0.05) is 42.3 Å². The maximum absolute atomic E-state index is 12.8. The molecule has 0 aliphatic rings. The van der Waals surface area contributed by atoms with Gasteiger partial charge in [0.1, 0.15) is 0 Å². The standard InChI is InChI=1S/C22H25N3O2/c1-15(2)20(24-16-9-5-4-6-10-16)13-23-21(26)19-14-25(3)22(27)18-12-8-7-11-17(18)19/h4-12,14-15,20,24H,13H2,1-3H3,(H,23,26). The summed E-state index contributed by atoms with van der Waals surface area (Å²) in [6.45, 7) is 4.73. The van der Waals surface area contributed by atoms with Gasteiger partial charge in [-0.15, -0.1) is 0 Å². The molecule has 3 rings (SSSR count).